The lowest BCUT2D eigenvalue weighted by molar-refractivity contribution is -0.123. The van der Waals surface area contributed by atoms with Gasteiger partial charge in [0, 0.05) is 21.9 Å². The number of aromatic nitrogens is 2. The van der Waals surface area contributed by atoms with Gasteiger partial charge in [-0.05, 0) is 32.0 Å². The number of carbonyl (C=O) groups excluding carboxylic acids is 2. The van der Waals surface area contributed by atoms with Crippen LogP contribution >= 0.6 is 23.2 Å². The predicted octanol–water partition coefficient (Wildman–Crippen LogP) is 3.28. The number of hydrogen-bond donors (Lipinski definition) is 1. The number of rotatable bonds is 4. The first-order chi connectivity index (χ1) is 10.8. The Bertz CT molecular complexity index is 715. The highest BCUT2D eigenvalue weighted by Gasteiger charge is 2.20. The molecule has 0 aliphatic carbocycles. The Hall–Kier alpha value is -2.18. The SMILES string of the molecule is Cc1cnc(C(=O)O[C@@H](C)C(=O)Nc2cc(Cl)cc(Cl)c2)cn1. The van der Waals surface area contributed by atoms with Crippen LogP contribution < -0.4 is 5.32 Å². The number of halogens is 2. The summed E-state index contributed by atoms with van der Waals surface area (Å²) in [5, 5.41) is 3.33. The van der Waals surface area contributed by atoms with Crippen LogP contribution in [-0.4, -0.2) is 27.9 Å². The van der Waals surface area contributed by atoms with Crippen LogP contribution in [0, 0.1) is 6.92 Å². The monoisotopic (exact) mass is 353 g/mol. The van der Waals surface area contributed by atoms with Crippen LogP contribution in [0.5, 0.6) is 0 Å². The molecule has 120 valence electrons. The molecule has 1 aromatic heterocycles. The van der Waals surface area contributed by atoms with Crippen molar-refractivity contribution in [3.05, 3.63) is 52.0 Å². The molecular weight excluding hydrogens is 341 g/mol. The summed E-state index contributed by atoms with van der Waals surface area (Å²) >= 11 is 11.7. The number of aryl methyl sites for hydroxylation is 1. The van der Waals surface area contributed by atoms with Crippen molar-refractivity contribution in [3.8, 4) is 0 Å². The number of amides is 1. The molecule has 0 radical (unpaired) electrons. The number of anilines is 1. The Morgan fingerprint density at radius 1 is 1.13 bits per heavy atom. The average molecular weight is 354 g/mol. The van der Waals surface area contributed by atoms with Crippen molar-refractivity contribution in [2.45, 2.75) is 20.0 Å². The van der Waals surface area contributed by atoms with Crippen molar-refractivity contribution in [2.24, 2.45) is 0 Å². The van der Waals surface area contributed by atoms with E-state index in [0.717, 1.165) is 0 Å². The maximum atomic E-state index is 12.0. The molecule has 0 aliphatic heterocycles. The van der Waals surface area contributed by atoms with Crippen LogP contribution in [0.1, 0.15) is 23.1 Å². The topological polar surface area (TPSA) is 81.2 Å². The fourth-order valence-electron chi connectivity index (χ4n) is 1.64. The maximum absolute atomic E-state index is 12.0. The molecule has 8 heteroatoms. The molecule has 0 bridgehead atoms. The molecule has 0 fully saturated rings. The molecule has 0 spiro atoms. The predicted molar refractivity (Wildman–Crippen MR) is 86.7 cm³/mol. The highest BCUT2D eigenvalue weighted by Crippen LogP contribution is 2.22. The zero-order chi connectivity index (χ0) is 17.0. The Balaban J connectivity index is 1.99. The zero-order valence-electron chi connectivity index (χ0n) is 12.3. The highest BCUT2D eigenvalue weighted by molar-refractivity contribution is 6.35. The van der Waals surface area contributed by atoms with Crippen molar-refractivity contribution in [2.75, 3.05) is 5.32 Å². The molecule has 6 nitrogen and oxygen atoms in total. The first kappa shape index (κ1) is 17.2. The number of nitrogens with zero attached hydrogens (tertiary/aromatic N) is 2. The number of ether oxygens (including phenoxy) is 1. The Kier molecular flexibility index (Phi) is 5.52. The lowest BCUT2D eigenvalue weighted by atomic mass is 10.3. The van der Waals surface area contributed by atoms with Gasteiger partial charge in [-0.2, -0.15) is 0 Å². The molecule has 1 atom stereocenters. The minimum absolute atomic E-state index is 0.0288. The molecule has 0 unspecified atom stereocenters. The van der Waals surface area contributed by atoms with Gasteiger partial charge in [0.1, 0.15) is 0 Å². The lowest BCUT2D eigenvalue weighted by Gasteiger charge is -2.13. The molecular formula is C15H13Cl2N3O3. The first-order valence-electron chi connectivity index (χ1n) is 6.62. The molecule has 2 aromatic rings. The van der Waals surface area contributed by atoms with E-state index >= 15 is 0 Å². The molecule has 2 rings (SSSR count). The van der Waals surface area contributed by atoms with E-state index in [1.165, 1.54) is 37.5 Å². The van der Waals surface area contributed by atoms with Gasteiger partial charge in [0.15, 0.2) is 11.8 Å². The largest absolute Gasteiger partial charge is 0.448 e. The Morgan fingerprint density at radius 2 is 1.78 bits per heavy atom. The summed E-state index contributed by atoms with van der Waals surface area (Å²) in [5.41, 5.74) is 1.11. The van der Waals surface area contributed by atoms with Gasteiger partial charge in [-0.25, -0.2) is 9.78 Å². The average Bonchev–Trinajstić information content (AvgIpc) is 2.46. The van der Waals surface area contributed by atoms with Gasteiger partial charge in [-0.1, -0.05) is 23.2 Å². The summed E-state index contributed by atoms with van der Waals surface area (Å²) in [6.07, 6.45) is 1.71. The number of carbonyl (C=O) groups is 2. The zero-order valence-corrected chi connectivity index (χ0v) is 13.9. The van der Waals surface area contributed by atoms with Gasteiger partial charge in [0.2, 0.25) is 0 Å². The van der Waals surface area contributed by atoms with Crippen LogP contribution in [0.25, 0.3) is 0 Å². The Labute approximate surface area is 142 Å². The van der Waals surface area contributed by atoms with Crippen molar-refractivity contribution >= 4 is 40.8 Å². The summed E-state index contributed by atoms with van der Waals surface area (Å²) < 4.78 is 5.05. The van der Waals surface area contributed by atoms with Gasteiger partial charge < -0.3 is 10.1 Å². The van der Waals surface area contributed by atoms with Crippen molar-refractivity contribution in [1.29, 1.82) is 0 Å². The lowest BCUT2D eigenvalue weighted by Crippen LogP contribution is -2.30. The van der Waals surface area contributed by atoms with Crippen LogP contribution in [0.15, 0.2) is 30.6 Å². The molecule has 1 N–H and O–H groups in total. The van der Waals surface area contributed by atoms with Crippen molar-refractivity contribution < 1.29 is 14.3 Å². The number of benzene rings is 1. The third-order valence-electron chi connectivity index (χ3n) is 2.77. The quantitative estimate of drug-likeness (QED) is 0.853. The highest BCUT2D eigenvalue weighted by atomic mass is 35.5. The van der Waals surface area contributed by atoms with E-state index in [1.54, 1.807) is 6.92 Å². The maximum Gasteiger partial charge on any atom is 0.359 e. The van der Waals surface area contributed by atoms with Gasteiger partial charge in [-0.15, -0.1) is 0 Å². The molecule has 23 heavy (non-hydrogen) atoms. The van der Waals surface area contributed by atoms with E-state index < -0.39 is 18.0 Å². The summed E-state index contributed by atoms with van der Waals surface area (Å²) in [6.45, 7) is 3.19. The minimum Gasteiger partial charge on any atom is -0.448 e. The molecule has 1 heterocycles. The summed E-state index contributed by atoms with van der Waals surface area (Å²) in [4.78, 5) is 31.8. The number of esters is 1. The van der Waals surface area contributed by atoms with E-state index in [1.807, 2.05) is 0 Å². The van der Waals surface area contributed by atoms with Crippen LogP contribution in [0.2, 0.25) is 10.0 Å². The summed E-state index contributed by atoms with van der Waals surface area (Å²) in [5.74, 6) is -1.25. The molecule has 0 saturated heterocycles. The Morgan fingerprint density at radius 3 is 2.35 bits per heavy atom. The minimum atomic E-state index is -1.02. The number of nitrogens with one attached hydrogen (secondary N) is 1. The molecule has 0 aliphatic rings. The second-order valence-electron chi connectivity index (χ2n) is 4.74. The molecule has 1 amide bonds. The van der Waals surface area contributed by atoms with E-state index in [2.05, 4.69) is 15.3 Å². The fourth-order valence-corrected chi connectivity index (χ4v) is 2.17. The second-order valence-corrected chi connectivity index (χ2v) is 5.61. The van der Waals surface area contributed by atoms with Gasteiger partial charge in [-0.3, -0.25) is 9.78 Å². The second kappa shape index (κ2) is 7.39. The van der Waals surface area contributed by atoms with E-state index in [9.17, 15) is 9.59 Å². The van der Waals surface area contributed by atoms with Crippen LogP contribution in [0.3, 0.4) is 0 Å². The van der Waals surface area contributed by atoms with Crippen molar-refractivity contribution in [3.63, 3.8) is 0 Å². The third-order valence-corrected chi connectivity index (χ3v) is 3.21. The van der Waals surface area contributed by atoms with Gasteiger partial charge >= 0.3 is 5.97 Å². The molecule has 0 saturated carbocycles. The van der Waals surface area contributed by atoms with Crippen molar-refractivity contribution in [1.82, 2.24) is 9.97 Å². The third kappa shape index (κ3) is 4.91. The van der Waals surface area contributed by atoms with Gasteiger partial charge in [0.05, 0.1) is 11.9 Å². The summed E-state index contributed by atoms with van der Waals surface area (Å²) in [7, 11) is 0. The first-order valence-corrected chi connectivity index (χ1v) is 7.37. The number of hydrogen-bond acceptors (Lipinski definition) is 5. The fraction of sp³-hybridized carbons (Fsp3) is 0.200. The van der Waals surface area contributed by atoms with E-state index in [-0.39, 0.29) is 5.69 Å². The standard InChI is InChI=1S/C15H13Cl2N3O3/c1-8-6-19-13(7-18-8)15(22)23-9(2)14(21)20-12-4-10(16)3-11(17)5-12/h3-7,9H,1-2H3,(H,20,21)/t9-/m0/s1. The van der Waals surface area contributed by atoms with E-state index in [4.69, 9.17) is 27.9 Å². The normalized spacial score (nSPS) is 11.7. The van der Waals surface area contributed by atoms with E-state index in [0.29, 0.717) is 21.4 Å². The van der Waals surface area contributed by atoms with Gasteiger partial charge in [0.25, 0.3) is 5.91 Å². The van der Waals surface area contributed by atoms with Crippen LogP contribution in [0.4, 0.5) is 5.69 Å². The summed E-state index contributed by atoms with van der Waals surface area (Å²) in [6, 6.07) is 4.61. The molecule has 1 aromatic carbocycles. The smallest absolute Gasteiger partial charge is 0.359 e. The van der Waals surface area contributed by atoms with Crippen LogP contribution in [-0.2, 0) is 9.53 Å².